The number of benzene rings is 4. The van der Waals surface area contributed by atoms with Crippen molar-refractivity contribution in [2.24, 2.45) is 0 Å². The van der Waals surface area contributed by atoms with Crippen molar-refractivity contribution in [3.8, 4) is 34.1 Å². The molecule has 230 valence electrons. The number of hydrogen-bond donors (Lipinski definition) is 1. The van der Waals surface area contributed by atoms with Crippen LogP contribution in [0.3, 0.4) is 0 Å². The first-order valence-corrected chi connectivity index (χ1v) is 15.3. The maximum atomic E-state index is 14.0. The minimum atomic E-state index is -0.952. The zero-order valence-corrected chi connectivity index (χ0v) is 25.3. The van der Waals surface area contributed by atoms with Crippen molar-refractivity contribution in [1.82, 2.24) is 14.5 Å². The van der Waals surface area contributed by atoms with Crippen LogP contribution >= 0.6 is 0 Å². The van der Waals surface area contributed by atoms with Crippen molar-refractivity contribution in [3.05, 3.63) is 125 Å². The van der Waals surface area contributed by atoms with Crippen LogP contribution in [0.1, 0.15) is 46.9 Å². The Labute approximate surface area is 262 Å². The number of fused-ring (bicyclic) bond motifs is 1. The largest absolute Gasteiger partial charge is 0.486 e. The van der Waals surface area contributed by atoms with E-state index in [4.69, 9.17) is 14.5 Å². The first-order chi connectivity index (χ1) is 22.0. The predicted octanol–water partition coefficient (Wildman–Crippen LogP) is 7.83. The number of halogens is 1. The summed E-state index contributed by atoms with van der Waals surface area (Å²) in [7, 11) is 0. The molecular formula is C37H36FN3O4. The van der Waals surface area contributed by atoms with E-state index in [1.807, 2.05) is 42.5 Å². The Morgan fingerprint density at radius 2 is 1.53 bits per heavy atom. The molecule has 1 aliphatic heterocycles. The van der Waals surface area contributed by atoms with Gasteiger partial charge in [0.2, 0.25) is 0 Å². The fourth-order valence-electron chi connectivity index (χ4n) is 5.69. The van der Waals surface area contributed by atoms with Crippen LogP contribution in [0.5, 0.6) is 11.5 Å². The maximum Gasteiger partial charge on any atom is 0.335 e. The molecule has 7 nitrogen and oxygen atoms in total. The zero-order valence-electron chi connectivity index (χ0n) is 25.3. The number of rotatable bonds is 12. The average Bonchev–Trinajstić information content (AvgIpc) is 3.42. The highest BCUT2D eigenvalue weighted by Crippen LogP contribution is 2.34. The van der Waals surface area contributed by atoms with Crippen LogP contribution in [0.15, 0.2) is 97.1 Å². The second-order valence-electron chi connectivity index (χ2n) is 11.2. The van der Waals surface area contributed by atoms with Gasteiger partial charge in [0.05, 0.1) is 17.0 Å². The molecule has 0 atom stereocenters. The van der Waals surface area contributed by atoms with Crippen LogP contribution in [0.25, 0.3) is 22.6 Å². The quantitative estimate of drug-likeness (QED) is 0.156. The fraction of sp³-hybridized carbons (Fsp3) is 0.243. The molecule has 0 amide bonds. The molecule has 0 saturated carbocycles. The average molecular weight is 606 g/mol. The van der Waals surface area contributed by atoms with Gasteiger partial charge in [-0.15, -0.1) is 0 Å². The molecule has 0 fully saturated rings. The van der Waals surface area contributed by atoms with Gasteiger partial charge in [-0.2, -0.15) is 0 Å². The fourth-order valence-corrected chi connectivity index (χ4v) is 5.69. The lowest BCUT2D eigenvalue weighted by molar-refractivity contribution is 0.0697. The van der Waals surface area contributed by atoms with Crippen LogP contribution in [-0.2, 0) is 26.2 Å². The zero-order chi connectivity index (χ0) is 31.2. The predicted molar refractivity (Wildman–Crippen MR) is 172 cm³/mol. The van der Waals surface area contributed by atoms with Crippen LogP contribution < -0.4 is 9.47 Å². The molecule has 0 saturated heterocycles. The molecule has 5 aromatic rings. The summed E-state index contributed by atoms with van der Waals surface area (Å²) in [4.78, 5) is 19.0. The Bertz CT molecular complexity index is 1750. The molecule has 1 N–H and O–H groups in total. The van der Waals surface area contributed by atoms with Gasteiger partial charge >= 0.3 is 5.97 Å². The number of aromatic carboxylic acids is 1. The molecule has 2 heterocycles. The van der Waals surface area contributed by atoms with Crippen molar-refractivity contribution >= 4 is 5.97 Å². The lowest BCUT2D eigenvalue weighted by atomic mass is 10.1. The monoisotopic (exact) mass is 605 g/mol. The summed E-state index contributed by atoms with van der Waals surface area (Å²) >= 11 is 0. The molecule has 45 heavy (non-hydrogen) atoms. The maximum absolute atomic E-state index is 14.0. The summed E-state index contributed by atoms with van der Waals surface area (Å²) in [6, 6.07) is 29.7. The van der Waals surface area contributed by atoms with Crippen molar-refractivity contribution in [2.45, 2.75) is 45.9 Å². The van der Waals surface area contributed by atoms with E-state index < -0.39 is 5.97 Å². The van der Waals surface area contributed by atoms with E-state index in [0.717, 1.165) is 70.4 Å². The number of carbonyl (C=O) groups is 1. The highest BCUT2D eigenvalue weighted by Gasteiger charge is 2.23. The molecule has 0 radical (unpaired) electrons. The number of ether oxygens (including phenoxy) is 2. The summed E-state index contributed by atoms with van der Waals surface area (Å²) in [5, 5.41) is 9.43. The Morgan fingerprint density at radius 1 is 0.844 bits per heavy atom. The molecule has 0 spiro atoms. The highest BCUT2D eigenvalue weighted by atomic mass is 19.1. The van der Waals surface area contributed by atoms with E-state index in [1.54, 1.807) is 24.3 Å². The Morgan fingerprint density at radius 3 is 2.24 bits per heavy atom. The van der Waals surface area contributed by atoms with Crippen molar-refractivity contribution < 1.29 is 23.8 Å². The van der Waals surface area contributed by atoms with E-state index in [1.165, 1.54) is 12.1 Å². The van der Waals surface area contributed by atoms with Crippen molar-refractivity contribution in [3.63, 3.8) is 0 Å². The third-order valence-corrected chi connectivity index (χ3v) is 7.95. The number of unbranched alkanes of at least 4 members (excludes halogenated alkanes) is 1. The SMILES string of the molecule is CCCCn1c(-c2ccccc2)nc(-c2ccc(F)cc2)c1CN(Cc1ccc(C(=O)O)cc1)Cc1ccc2c(c1)OCCO2. The molecule has 4 aromatic carbocycles. The topological polar surface area (TPSA) is 76.8 Å². The van der Waals surface area contributed by atoms with E-state index >= 15 is 0 Å². The number of carboxylic acid groups (broad SMARTS) is 1. The number of hydrogen-bond acceptors (Lipinski definition) is 5. The van der Waals surface area contributed by atoms with E-state index in [0.29, 0.717) is 32.8 Å². The second-order valence-corrected chi connectivity index (χ2v) is 11.2. The Hall–Kier alpha value is -4.95. The second kappa shape index (κ2) is 13.8. The Balaban J connectivity index is 1.43. The standard InChI is InChI=1S/C37H36FN3O4/c1-2-3-19-41-32(35(28-14-16-31(38)17-15-28)39-36(41)29-7-5-4-6-8-29)25-40(23-26-9-12-30(13-10-26)37(42)43)24-27-11-18-33-34(22-27)45-21-20-44-33/h4-18,22H,2-3,19-21,23-25H2,1H3,(H,42,43). The summed E-state index contributed by atoms with van der Waals surface area (Å²) in [6.45, 7) is 5.71. The van der Waals surface area contributed by atoms with Gasteiger partial charge in [0.15, 0.2) is 11.5 Å². The van der Waals surface area contributed by atoms with Gasteiger partial charge in [0.25, 0.3) is 0 Å². The minimum Gasteiger partial charge on any atom is -0.486 e. The molecule has 1 aromatic heterocycles. The van der Waals surface area contributed by atoms with Crippen LogP contribution in [0.2, 0.25) is 0 Å². The smallest absolute Gasteiger partial charge is 0.335 e. The number of nitrogens with zero attached hydrogens (tertiary/aromatic N) is 3. The van der Waals surface area contributed by atoms with Gasteiger partial charge in [-0.1, -0.05) is 61.9 Å². The van der Waals surface area contributed by atoms with Gasteiger partial charge in [-0.3, -0.25) is 4.90 Å². The third kappa shape index (κ3) is 7.07. The van der Waals surface area contributed by atoms with Gasteiger partial charge in [-0.25, -0.2) is 14.2 Å². The Kier molecular flexibility index (Phi) is 9.22. The summed E-state index contributed by atoms with van der Waals surface area (Å²) in [5.41, 5.74) is 6.03. The van der Waals surface area contributed by atoms with Crippen LogP contribution in [-0.4, -0.2) is 38.7 Å². The van der Waals surface area contributed by atoms with E-state index in [9.17, 15) is 14.3 Å². The van der Waals surface area contributed by atoms with Crippen LogP contribution in [0, 0.1) is 5.82 Å². The molecule has 0 aliphatic carbocycles. The first-order valence-electron chi connectivity index (χ1n) is 15.3. The molecular weight excluding hydrogens is 569 g/mol. The first kappa shape index (κ1) is 30.1. The minimum absolute atomic E-state index is 0.251. The lowest BCUT2D eigenvalue weighted by Gasteiger charge is -2.26. The third-order valence-electron chi connectivity index (χ3n) is 7.95. The molecule has 1 aliphatic rings. The van der Waals surface area contributed by atoms with E-state index in [-0.39, 0.29) is 11.4 Å². The molecule has 0 bridgehead atoms. The summed E-state index contributed by atoms with van der Waals surface area (Å²) in [5.74, 6) is 1.11. The molecule has 0 unspecified atom stereocenters. The van der Waals surface area contributed by atoms with Gasteiger partial charge in [0.1, 0.15) is 24.9 Å². The highest BCUT2D eigenvalue weighted by molar-refractivity contribution is 5.87. The van der Waals surface area contributed by atoms with Crippen LogP contribution in [0.4, 0.5) is 4.39 Å². The van der Waals surface area contributed by atoms with Gasteiger partial charge < -0.3 is 19.1 Å². The van der Waals surface area contributed by atoms with Gasteiger partial charge in [-0.05, 0) is 66.1 Å². The molecule has 8 heteroatoms. The summed E-state index contributed by atoms with van der Waals surface area (Å²) in [6.07, 6.45) is 2.00. The number of carboxylic acids is 1. The molecule has 6 rings (SSSR count). The number of aromatic nitrogens is 2. The van der Waals surface area contributed by atoms with Crippen molar-refractivity contribution in [1.29, 1.82) is 0 Å². The lowest BCUT2D eigenvalue weighted by Crippen LogP contribution is -2.25. The summed E-state index contributed by atoms with van der Waals surface area (Å²) < 4.78 is 28.0. The van der Waals surface area contributed by atoms with Crippen molar-refractivity contribution in [2.75, 3.05) is 13.2 Å². The van der Waals surface area contributed by atoms with Gasteiger partial charge in [0, 0.05) is 37.3 Å². The number of imidazole rings is 1. The normalized spacial score (nSPS) is 12.4. The van der Waals surface area contributed by atoms with E-state index in [2.05, 4.69) is 34.6 Å².